The molecule has 2 aromatic carbocycles. The Morgan fingerprint density at radius 2 is 1.67 bits per heavy atom. The lowest BCUT2D eigenvalue weighted by atomic mass is 10.3. The van der Waals surface area contributed by atoms with E-state index < -0.39 is 0 Å². The van der Waals surface area contributed by atoms with E-state index in [0.29, 0.717) is 5.11 Å². The van der Waals surface area contributed by atoms with Crippen LogP contribution in [-0.4, -0.2) is 11.7 Å². The van der Waals surface area contributed by atoms with Crippen molar-refractivity contribution >= 4 is 34.4 Å². The minimum absolute atomic E-state index is 0.628. The molecule has 0 amide bonds. The zero-order valence-electron chi connectivity index (χ0n) is 13.1. The highest BCUT2D eigenvalue weighted by Gasteiger charge is 2.00. The van der Waals surface area contributed by atoms with Crippen molar-refractivity contribution < 1.29 is 4.74 Å². The molecule has 0 atom stereocenters. The maximum Gasteiger partial charge on any atom is 0.170 e. The number of ether oxygens (including phenoxy) is 1. The molecule has 0 spiro atoms. The molecular weight excluding hydrogens is 336 g/mol. The summed E-state index contributed by atoms with van der Waals surface area (Å²) in [7, 11) is 0. The highest BCUT2D eigenvalue weighted by Crippen LogP contribution is 2.22. The van der Waals surface area contributed by atoms with Gasteiger partial charge in [0.25, 0.3) is 0 Å². The molecule has 3 nitrogen and oxygen atoms in total. The number of benzene rings is 2. The number of hydrogen-bond acceptors (Lipinski definition) is 3. The molecule has 0 aliphatic rings. The van der Waals surface area contributed by atoms with E-state index in [1.807, 2.05) is 54.6 Å². The van der Waals surface area contributed by atoms with Gasteiger partial charge in [-0.3, -0.25) is 0 Å². The minimum atomic E-state index is 0.628. The van der Waals surface area contributed by atoms with E-state index in [-0.39, 0.29) is 0 Å². The standard InChI is InChI=1S/C19H18N2OS2/c23-19(20-13-12-18-7-4-14-24-18)21-15-8-10-17(11-9-15)22-16-5-2-1-3-6-16/h1-11,14H,12-13H2,(H2,20,21,23). The lowest BCUT2D eigenvalue weighted by Gasteiger charge is -2.11. The molecule has 0 saturated heterocycles. The van der Waals surface area contributed by atoms with E-state index in [4.69, 9.17) is 17.0 Å². The van der Waals surface area contributed by atoms with Gasteiger partial charge in [0.15, 0.2) is 5.11 Å². The molecule has 0 saturated carbocycles. The molecule has 24 heavy (non-hydrogen) atoms. The number of para-hydroxylation sites is 1. The first-order valence-electron chi connectivity index (χ1n) is 7.70. The lowest BCUT2D eigenvalue weighted by molar-refractivity contribution is 0.483. The summed E-state index contributed by atoms with van der Waals surface area (Å²) in [5.41, 5.74) is 0.934. The topological polar surface area (TPSA) is 33.3 Å². The van der Waals surface area contributed by atoms with Crippen molar-refractivity contribution in [1.29, 1.82) is 0 Å². The van der Waals surface area contributed by atoms with Gasteiger partial charge in [0.1, 0.15) is 11.5 Å². The fourth-order valence-corrected chi connectivity index (χ4v) is 3.09. The van der Waals surface area contributed by atoms with Crippen LogP contribution in [0.4, 0.5) is 5.69 Å². The van der Waals surface area contributed by atoms with Gasteiger partial charge < -0.3 is 15.4 Å². The van der Waals surface area contributed by atoms with Gasteiger partial charge in [-0.2, -0.15) is 0 Å². The Bertz CT molecular complexity index is 756. The van der Waals surface area contributed by atoms with E-state index in [2.05, 4.69) is 28.1 Å². The SMILES string of the molecule is S=C(NCCc1cccs1)Nc1ccc(Oc2ccccc2)cc1. The van der Waals surface area contributed by atoms with Gasteiger partial charge in [-0.05, 0) is 66.5 Å². The number of hydrogen-bond donors (Lipinski definition) is 2. The zero-order valence-corrected chi connectivity index (χ0v) is 14.7. The maximum absolute atomic E-state index is 5.77. The van der Waals surface area contributed by atoms with Crippen molar-refractivity contribution in [2.75, 3.05) is 11.9 Å². The van der Waals surface area contributed by atoms with Crippen LogP contribution < -0.4 is 15.4 Å². The largest absolute Gasteiger partial charge is 0.457 e. The van der Waals surface area contributed by atoms with Gasteiger partial charge in [0.05, 0.1) is 0 Å². The van der Waals surface area contributed by atoms with Crippen LogP contribution in [0.15, 0.2) is 72.1 Å². The Balaban J connectivity index is 1.46. The van der Waals surface area contributed by atoms with Crippen molar-refractivity contribution in [3.63, 3.8) is 0 Å². The third-order valence-corrected chi connectivity index (χ3v) is 4.51. The summed E-state index contributed by atoms with van der Waals surface area (Å²) in [6, 6.07) is 21.7. The van der Waals surface area contributed by atoms with Crippen LogP contribution >= 0.6 is 23.6 Å². The fraction of sp³-hybridized carbons (Fsp3) is 0.105. The van der Waals surface area contributed by atoms with Crippen LogP contribution in [-0.2, 0) is 6.42 Å². The Labute approximate surface area is 151 Å². The van der Waals surface area contributed by atoms with Crippen molar-refractivity contribution in [3.05, 3.63) is 77.0 Å². The lowest BCUT2D eigenvalue weighted by Crippen LogP contribution is -2.30. The molecule has 0 bridgehead atoms. The molecule has 122 valence electrons. The number of thiocarbonyl (C=S) groups is 1. The smallest absolute Gasteiger partial charge is 0.170 e. The summed E-state index contributed by atoms with van der Waals surface area (Å²) < 4.78 is 5.77. The molecule has 3 rings (SSSR count). The predicted octanol–water partition coefficient (Wildman–Crippen LogP) is 5.07. The van der Waals surface area contributed by atoms with Crippen molar-refractivity contribution in [2.45, 2.75) is 6.42 Å². The van der Waals surface area contributed by atoms with Gasteiger partial charge in [-0.1, -0.05) is 24.3 Å². The second kappa shape index (κ2) is 8.47. The Morgan fingerprint density at radius 1 is 0.917 bits per heavy atom. The molecule has 0 aliphatic carbocycles. The molecule has 1 aromatic heterocycles. The Kier molecular flexibility index (Phi) is 5.82. The monoisotopic (exact) mass is 354 g/mol. The Morgan fingerprint density at radius 3 is 2.38 bits per heavy atom. The molecule has 3 aromatic rings. The third-order valence-electron chi connectivity index (χ3n) is 3.33. The molecule has 0 aliphatic heterocycles. The third kappa shape index (κ3) is 5.08. The highest BCUT2D eigenvalue weighted by molar-refractivity contribution is 7.80. The van der Waals surface area contributed by atoms with Crippen LogP contribution in [0.25, 0.3) is 0 Å². The van der Waals surface area contributed by atoms with Crippen molar-refractivity contribution in [2.24, 2.45) is 0 Å². The summed E-state index contributed by atoms with van der Waals surface area (Å²) in [4.78, 5) is 1.35. The second-order valence-corrected chi connectivity index (χ2v) is 6.59. The summed E-state index contributed by atoms with van der Waals surface area (Å²) >= 11 is 7.08. The van der Waals surface area contributed by atoms with Gasteiger partial charge in [-0.25, -0.2) is 0 Å². The van der Waals surface area contributed by atoms with Crippen LogP contribution in [0.5, 0.6) is 11.5 Å². The molecule has 0 radical (unpaired) electrons. The van der Waals surface area contributed by atoms with Crippen LogP contribution in [0, 0.1) is 0 Å². The van der Waals surface area contributed by atoms with E-state index in [0.717, 1.165) is 30.2 Å². The van der Waals surface area contributed by atoms with Crippen molar-refractivity contribution in [1.82, 2.24) is 5.32 Å². The van der Waals surface area contributed by atoms with Gasteiger partial charge in [0.2, 0.25) is 0 Å². The number of rotatable bonds is 6. The maximum atomic E-state index is 5.77. The first-order valence-corrected chi connectivity index (χ1v) is 8.98. The highest BCUT2D eigenvalue weighted by atomic mass is 32.1. The molecular formula is C19H18N2OS2. The zero-order chi connectivity index (χ0) is 16.6. The van der Waals surface area contributed by atoms with E-state index in [1.165, 1.54) is 4.88 Å². The Hall–Kier alpha value is -2.37. The summed E-state index contributed by atoms with van der Waals surface area (Å²) in [5, 5.41) is 9.12. The summed E-state index contributed by atoms with van der Waals surface area (Å²) in [6.45, 7) is 0.821. The molecule has 2 N–H and O–H groups in total. The van der Waals surface area contributed by atoms with Crippen molar-refractivity contribution in [3.8, 4) is 11.5 Å². The predicted molar refractivity (Wildman–Crippen MR) is 105 cm³/mol. The summed E-state index contributed by atoms with van der Waals surface area (Å²) in [6.07, 6.45) is 0.976. The van der Waals surface area contributed by atoms with Crippen LogP contribution in [0.3, 0.4) is 0 Å². The van der Waals surface area contributed by atoms with Gasteiger partial charge >= 0.3 is 0 Å². The molecule has 1 heterocycles. The minimum Gasteiger partial charge on any atom is -0.457 e. The van der Waals surface area contributed by atoms with Gasteiger partial charge in [0, 0.05) is 17.1 Å². The first kappa shape index (κ1) is 16.5. The normalized spacial score (nSPS) is 10.2. The van der Waals surface area contributed by atoms with E-state index in [1.54, 1.807) is 11.3 Å². The van der Waals surface area contributed by atoms with E-state index >= 15 is 0 Å². The molecule has 5 heteroatoms. The van der Waals surface area contributed by atoms with E-state index in [9.17, 15) is 0 Å². The average molecular weight is 355 g/mol. The fourth-order valence-electron chi connectivity index (χ4n) is 2.16. The summed E-state index contributed by atoms with van der Waals surface area (Å²) in [5.74, 6) is 1.62. The quantitative estimate of drug-likeness (QED) is 0.606. The second-order valence-electron chi connectivity index (χ2n) is 5.15. The first-order chi connectivity index (χ1) is 11.8. The number of nitrogens with one attached hydrogen (secondary N) is 2. The number of anilines is 1. The molecule has 0 unspecified atom stereocenters. The van der Waals surface area contributed by atoms with Crippen LogP contribution in [0.2, 0.25) is 0 Å². The average Bonchev–Trinajstić information content (AvgIpc) is 3.11. The van der Waals surface area contributed by atoms with Gasteiger partial charge in [-0.15, -0.1) is 11.3 Å². The molecule has 0 fully saturated rings. The van der Waals surface area contributed by atoms with Crippen LogP contribution in [0.1, 0.15) is 4.88 Å². The number of thiophene rings is 1.